The van der Waals surface area contributed by atoms with Crippen LogP contribution in [0.5, 0.6) is 0 Å². The highest BCUT2D eigenvalue weighted by molar-refractivity contribution is 5.90. The van der Waals surface area contributed by atoms with E-state index in [1.807, 2.05) is 6.07 Å². The Bertz CT molecular complexity index is 828. The lowest BCUT2D eigenvalue weighted by molar-refractivity contribution is -0.122. The van der Waals surface area contributed by atoms with Crippen molar-refractivity contribution in [3.63, 3.8) is 0 Å². The summed E-state index contributed by atoms with van der Waals surface area (Å²) in [6.07, 6.45) is 0.136. The van der Waals surface area contributed by atoms with Crippen LogP contribution in [0, 0.1) is 17.1 Å². The van der Waals surface area contributed by atoms with Crippen LogP contribution in [0.15, 0.2) is 23.3 Å². The molecule has 0 saturated carbocycles. The molecule has 0 aromatic heterocycles. The van der Waals surface area contributed by atoms with Gasteiger partial charge in [0.1, 0.15) is 24.8 Å². The maximum Gasteiger partial charge on any atom is 0.414 e. The van der Waals surface area contributed by atoms with E-state index in [9.17, 15) is 18.4 Å². The second-order valence-corrected chi connectivity index (χ2v) is 6.16. The highest BCUT2D eigenvalue weighted by atomic mass is 19.1. The molecule has 2 aliphatic rings. The zero-order valence-electron chi connectivity index (χ0n) is 14.8. The predicted molar refractivity (Wildman–Crippen MR) is 96.0 cm³/mol. The predicted octanol–water partition coefficient (Wildman–Crippen LogP) is 0.825. The molecule has 1 fully saturated rings. The first-order valence-electron chi connectivity index (χ1n) is 8.55. The third kappa shape index (κ3) is 4.28. The second kappa shape index (κ2) is 8.51. The summed E-state index contributed by atoms with van der Waals surface area (Å²) in [6, 6.07) is 6.32. The van der Waals surface area contributed by atoms with E-state index in [2.05, 4.69) is 10.4 Å². The third-order valence-corrected chi connectivity index (χ3v) is 4.28. The number of hydrogen-bond acceptors (Lipinski definition) is 7. The van der Waals surface area contributed by atoms with Gasteiger partial charge in [0.05, 0.1) is 37.1 Å². The Kier molecular flexibility index (Phi) is 5.88. The minimum atomic E-state index is -1.15. The van der Waals surface area contributed by atoms with Crippen LogP contribution in [0.4, 0.5) is 25.0 Å². The summed E-state index contributed by atoms with van der Waals surface area (Å²) in [6.45, 7) is 0.0495. The van der Waals surface area contributed by atoms with Crippen LogP contribution in [-0.2, 0) is 9.53 Å². The molecular formula is C17H18F2N6O3. The molecular weight excluding hydrogens is 374 g/mol. The minimum absolute atomic E-state index is 0.0189. The molecule has 2 aliphatic heterocycles. The summed E-state index contributed by atoms with van der Waals surface area (Å²) in [4.78, 5) is 25.9. The first-order chi connectivity index (χ1) is 13.5. The van der Waals surface area contributed by atoms with E-state index >= 15 is 0 Å². The van der Waals surface area contributed by atoms with Crippen LogP contribution in [0.3, 0.4) is 0 Å². The largest absolute Gasteiger partial charge is 0.442 e. The number of carbonyl (C=O) groups excluding carboxylic acids is 2. The third-order valence-electron chi connectivity index (χ3n) is 4.28. The number of amides is 2. The molecule has 2 amide bonds. The number of nitriles is 1. The van der Waals surface area contributed by atoms with Crippen molar-refractivity contribution < 1.29 is 23.1 Å². The first kappa shape index (κ1) is 19.3. The summed E-state index contributed by atoms with van der Waals surface area (Å²) in [7, 11) is 0. The number of carbonyl (C=O) groups is 2. The standard InChI is InChI=1S/C17H18F2N6O3/c18-8-16(26)21-9-13-10-25(17(27)28-13)12-1-2-15(14(19)7-12)23-5-6-24(4-3-20)22-11-23/h1-2,7,11,13H,4-6,8-10H2,(H,21,26)/t13-/m0/s1. The molecule has 0 unspecified atom stereocenters. The van der Waals surface area contributed by atoms with Gasteiger partial charge in [0.2, 0.25) is 0 Å². The summed E-state index contributed by atoms with van der Waals surface area (Å²) in [5.41, 5.74) is 0.606. The molecule has 3 rings (SSSR count). The van der Waals surface area contributed by atoms with Gasteiger partial charge >= 0.3 is 6.09 Å². The monoisotopic (exact) mass is 392 g/mol. The van der Waals surface area contributed by atoms with Crippen molar-refractivity contribution in [2.45, 2.75) is 6.10 Å². The maximum absolute atomic E-state index is 14.6. The van der Waals surface area contributed by atoms with Gasteiger partial charge in [-0.2, -0.15) is 10.4 Å². The summed E-state index contributed by atoms with van der Waals surface area (Å²) >= 11 is 0. The number of cyclic esters (lactones) is 1. The Labute approximate surface area is 159 Å². The van der Waals surface area contributed by atoms with Crippen LogP contribution in [0.1, 0.15) is 0 Å². The van der Waals surface area contributed by atoms with E-state index in [1.54, 1.807) is 16.0 Å². The highest BCUT2D eigenvalue weighted by Crippen LogP contribution is 2.28. The number of hydrogen-bond donors (Lipinski definition) is 1. The Morgan fingerprint density at radius 1 is 1.43 bits per heavy atom. The average Bonchev–Trinajstić information content (AvgIpc) is 3.07. The minimum Gasteiger partial charge on any atom is -0.442 e. The fourth-order valence-electron chi connectivity index (χ4n) is 2.87. The fraction of sp³-hybridized carbons (Fsp3) is 0.412. The van der Waals surface area contributed by atoms with Crippen LogP contribution in [0.2, 0.25) is 0 Å². The number of rotatable bonds is 6. The molecule has 0 bridgehead atoms. The molecule has 11 heteroatoms. The second-order valence-electron chi connectivity index (χ2n) is 6.16. The Hall–Kier alpha value is -3.42. The van der Waals surface area contributed by atoms with E-state index in [4.69, 9.17) is 10.00 Å². The molecule has 1 aromatic rings. The van der Waals surface area contributed by atoms with Gasteiger partial charge in [-0.3, -0.25) is 14.7 Å². The van der Waals surface area contributed by atoms with Gasteiger partial charge in [-0.25, -0.2) is 13.6 Å². The lowest BCUT2D eigenvalue weighted by Gasteiger charge is -2.29. The number of ether oxygens (including phenoxy) is 1. The van der Waals surface area contributed by atoms with Gasteiger partial charge in [-0.05, 0) is 18.2 Å². The number of benzene rings is 1. The molecule has 9 nitrogen and oxygen atoms in total. The van der Waals surface area contributed by atoms with Gasteiger partial charge in [0, 0.05) is 6.54 Å². The zero-order chi connectivity index (χ0) is 20.1. The lowest BCUT2D eigenvalue weighted by atomic mass is 10.2. The van der Waals surface area contributed by atoms with Gasteiger partial charge in [-0.1, -0.05) is 0 Å². The van der Waals surface area contributed by atoms with E-state index < -0.39 is 30.6 Å². The highest BCUT2D eigenvalue weighted by Gasteiger charge is 2.33. The Morgan fingerprint density at radius 3 is 2.89 bits per heavy atom. The van der Waals surface area contributed by atoms with E-state index in [1.165, 1.54) is 23.4 Å². The van der Waals surface area contributed by atoms with Crippen molar-refractivity contribution in [2.24, 2.45) is 5.10 Å². The molecule has 0 spiro atoms. The van der Waals surface area contributed by atoms with E-state index in [0.717, 1.165) is 0 Å². The van der Waals surface area contributed by atoms with Crippen molar-refractivity contribution in [1.29, 1.82) is 5.26 Å². The molecule has 148 valence electrons. The molecule has 1 atom stereocenters. The van der Waals surface area contributed by atoms with E-state index in [0.29, 0.717) is 24.5 Å². The lowest BCUT2D eigenvalue weighted by Crippen LogP contribution is -2.38. The summed E-state index contributed by atoms with van der Waals surface area (Å²) in [5.74, 6) is -1.33. The number of hydrazone groups is 1. The number of anilines is 2. The van der Waals surface area contributed by atoms with Gasteiger partial charge in [0.15, 0.2) is 6.67 Å². The van der Waals surface area contributed by atoms with Crippen molar-refractivity contribution in [1.82, 2.24) is 10.3 Å². The summed E-state index contributed by atoms with van der Waals surface area (Å²) < 4.78 is 31.9. The van der Waals surface area contributed by atoms with E-state index in [-0.39, 0.29) is 19.6 Å². The van der Waals surface area contributed by atoms with Crippen molar-refractivity contribution >= 4 is 29.7 Å². The topological polar surface area (TPSA) is 101 Å². The SMILES string of the molecule is N#CCN1CCN(c2ccc(N3C[C@H](CNC(=O)CF)OC3=O)cc2F)C=N1. The van der Waals surface area contributed by atoms with Crippen molar-refractivity contribution in [3.05, 3.63) is 24.0 Å². The molecule has 0 radical (unpaired) electrons. The van der Waals surface area contributed by atoms with Crippen LogP contribution < -0.4 is 15.1 Å². The van der Waals surface area contributed by atoms with Crippen molar-refractivity contribution in [3.8, 4) is 6.07 Å². The molecule has 2 heterocycles. The number of alkyl halides is 1. The van der Waals surface area contributed by atoms with Crippen LogP contribution in [0.25, 0.3) is 0 Å². The average molecular weight is 392 g/mol. The van der Waals surface area contributed by atoms with Crippen molar-refractivity contribution in [2.75, 3.05) is 49.2 Å². The quantitative estimate of drug-likeness (QED) is 0.720. The van der Waals surface area contributed by atoms with Crippen LogP contribution >= 0.6 is 0 Å². The maximum atomic E-state index is 14.6. The molecule has 28 heavy (non-hydrogen) atoms. The number of halogens is 2. The fourth-order valence-corrected chi connectivity index (χ4v) is 2.87. The smallest absolute Gasteiger partial charge is 0.414 e. The van der Waals surface area contributed by atoms with Gasteiger partial charge < -0.3 is 15.0 Å². The first-order valence-corrected chi connectivity index (χ1v) is 8.55. The molecule has 1 aromatic carbocycles. The number of nitrogens with zero attached hydrogens (tertiary/aromatic N) is 5. The zero-order valence-corrected chi connectivity index (χ0v) is 14.8. The van der Waals surface area contributed by atoms with Gasteiger partial charge in [0.25, 0.3) is 5.91 Å². The van der Waals surface area contributed by atoms with Gasteiger partial charge in [-0.15, -0.1) is 0 Å². The molecule has 0 aliphatic carbocycles. The normalized spacial score (nSPS) is 18.8. The molecule has 1 N–H and O–H groups in total. The Morgan fingerprint density at radius 2 is 2.25 bits per heavy atom. The Balaban J connectivity index is 1.66. The van der Waals surface area contributed by atoms with Crippen LogP contribution in [-0.4, -0.2) is 68.9 Å². The molecule has 1 saturated heterocycles. The number of nitrogens with one attached hydrogen (secondary N) is 1. The summed E-state index contributed by atoms with van der Waals surface area (Å²) in [5, 5.41) is 16.6.